The second kappa shape index (κ2) is 10.1. The summed E-state index contributed by atoms with van der Waals surface area (Å²) >= 11 is 0. The van der Waals surface area contributed by atoms with E-state index < -0.39 is 11.6 Å². The summed E-state index contributed by atoms with van der Waals surface area (Å²) in [7, 11) is 0. The van der Waals surface area contributed by atoms with E-state index in [0.717, 1.165) is 64.7 Å². The summed E-state index contributed by atoms with van der Waals surface area (Å²) in [6.45, 7) is 4.32. The van der Waals surface area contributed by atoms with Crippen molar-refractivity contribution in [2.24, 2.45) is 17.8 Å². The molecule has 7 nitrogen and oxygen atoms in total. The second-order valence-corrected chi connectivity index (χ2v) is 12.7. The van der Waals surface area contributed by atoms with E-state index in [-0.39, 0.29) is 29.4 Å². The lowest BCUT2D eigenvalue weighted by molar-refractivity contribution is 0.107. The minimum absolute atomic E-state index is 0.000506. The molecule has 218 valence electrons. The third-order valence-electron chi connectivity index (χ3n) is 10.6. The average Bonchev–Trinajstić information content (AvgIpc) is 3.66. The van der Waals surface area contributed by atoms with Crippen LogP contribution in [0.3, 0.4) is 0 Å². The summed E-state index contributed by atoms with van der Waals surface area (Å²) < 4.78 is 38.0. The molecular formula is C33H35F2N5O2. The SMILES string of the molecule is OCC1[C@@H]2CC[C@H]1CN(c1nc(OCC34CCCN3CCC4)nc3c(F)c(-c4cccc5cccc(F)c45)ncc13)C2. The van der Waals surface area contributed by atoms with Crippen LogP contribution in [-0.2, 0) is 0 Å². The number of aliphatic hydroxyl groups excluding tert-OH is 1. The van der Waals surface area contributed by atoms with Gasteiger partial charge < -0.3 is 14.7 Å². The number of hydrogen-bond acceptors (Lipinski definition) is 7. The van der Waals surface area contributed by atoms with Crippen LogP contribution in [0.15, 0.2) is 42.6 Å². The molecule has 3 aliphatic heterocycles. The van der Waals surface area contributed by atoms with Crippen LogP contribution in [0.4, 0.5) is 14.6 Å². The third kappa shape index (κ3) is 4.07. The molecule has 3 saturated heterocycles. The van der Waals surface area contributed by atoms with E-state index >= 15 is 8.78 Å². The first-order valence-corrected chi connectivity index (χ1v) is 15.3. The van der Waals surface area contributed by atoms with Gasteiger partial charge in [-0.3, -0.25) is 9.88 Å². The van der Waals surface area contributed by atoms with E-state index in [4.69, 9.17) is 9.72 Å². The first-order chi connectivity index (χ1) is 20.5. The minimum atomic E-state index is -0.605. The first kappa shape index (κ1) is 26.2. The number of aliphatic hydroxyl groups is 1. The standard InChI is InChI=1S/C33H35F2N5O2/c34-26-8-2-6-20-5-1-7-23(27(20)26)29-28(35)30-24(15-36-29)31(39-16-21-9-10-22(17-39)25(21)18-41)38-32(37-30)42-19-33-11-3-13-40(33)14-4-12-33/h1-2,5-8,15,21-22,25,41H,3-4,9-14,16-19H2/t21-,22+,25?. The fraction of sp³-hybridized carbons (Fsp3) is 0.485. The molecule has 4 aromatic rings. The Balaban J connectivity index is 1.24. The predicted molar refractivity (Wildman–Crippen MR) is 157 cm³/mol. The number of halogens is 2. The normalized spacial score (nSPS) is 25.0. The smallest absolute Gasteiger partial charge is 0.319 e. The molecule has 0 spiro atoms. The van der Waals surface area contributed by atoms with Crippen molar-refractivity contribution in [1.82, 2.24) is 19.9 Å². The van der Waals surface area contributed by atoms with Crippen LogP contribution in [0.2, 0.25) is 0 Å². The van der Waals surface area contributed by atoms with Crippen molar-refractivity contribution in [3.63, 3.8) is 0 Å². The zero-order valence-corrected chi connectivity index (χ0v) is 23.6. The van der Waals surface area contributed by atoms with Gasteiger partial charge in [0.1, 0.15) is 29.5 Å². The Bertz CT molecular complexity index is 1650. The summed E-state index contributed by atoms with van der Waals surface area (Å²) in [5.74, 6) is 0.620. The summed E-state index contributed by atoms with van der Waals surface area (Å²) in [6, 6.07) is 10.3. The number of aromatic nitrogens is 3. The maximum absolute atomic E-state index is 16.6. The lowest BCUT2D eigenvalue weighted by Gasteiger charge is -2.38. The van der Waals surface area contributed by atoms with Crippen molar-refractivity contribution in [3.8, 4) is 17.3 Å². The summed E-state index contributed by atoms with van der Waals surface area (Å²) in [4.78, 5) is 18.8. The van der Waals surface area contributed by atoms with Gasteiger partial charge >= 0.3 is 6.01 Å². The van der Waals surface area contributed by atoms with Crippen molar-refractivity contribution < 1.29 is 18.6 Å². The van der Waals surface area contributed by atoms with Crippen molar-refractivity contribution >= 4 is 27.5 Å². The number of pyridine rings is 1. The highest BCUT2D eigenvalue weighted by molar-refractivity contribution is 5.99. The number of ether oxygens (including phenoxy) is 1. The number of anilines is 1. The van der Waals surface area contributed by atoms with Gasteiger partial charge in [0, 0.05) is 36.8 Å². The highest BCUT2D eigenvalue weighted by Crippen LogP contribution is 2.45. The Labute approximate surface area is 243 Å². The van der Waals surface area contributed by atoms with Gasteiger partial charge in [-0.25, -0.2) is 8.78 Å². The summed E-state index contributed by atoms with van der Waals surface area (Å²) in [5.41, 5.74) is 0.585. The average molecular weight is 572 g/mol. The molecule has 1 saturated carbocycles. The largest absolute Gasteiger partial charge is 0.461 e. The van der Waals surface area contributed by atoms with Gasteiger partial charge in [-0.1, -0.05) is 30.3 Å². The van der Waals surface area contributed by atoms with Crippen LogP contribution in [0.5, 0.6) is 6.01 Å². The van der Waals surface area contributed by atoms with Gasteiger partial charge in [-0.2, -0.15) is 9.97 Å². The second-order valence-electron chi connectivity index (χ2n) is 12.7. The number of benzene rings is 2. The molecule has 2 bridgehead atoms. The fourth-order valence-corrected chi connectivity index (χ4v) is 8.47. The third-order valence-corrected chi connectivity index (χ3v) is 10.6. The molecule has 42 heavy (non-hydrogen) atoms. The zero-order chi connectivity index (χ0) is 28.4. The van der Waals surface area contributed by atoms with Crippen molar-refractivity contribution in [2.45, 2.75) is 44.1 Å². The first-order valence-electron chi connectivity index (χ1n) is 15.3. The lowest BCUT2D eigenvalue weighted by Crippen LogP contribution is -2.44. The Morgan fingerprint density at radius 2 is 1.71 bits per heavy atom. The van der Waals surface area contributed by atoms with Gasteiger partial charge in [0.2, 0.25) is 0 Å². The highest BCUT2D eigenvalue weighted by atomic mass is 19.1. The Morgan fingerprint density at radius 1 is 0.976 bits per heavy atom. The van der Waals surface area contributed by atoms with Crippen LogP contribution in [0.25, 0.3) is 32.9 Å². The molecule has 4 fully saturated rings. The Hall–Kier alpha value is -3.43. The highest BCUT2D eigenvalue weighted by Gasteiger charge is 2.45. The van der Waals surface area contributed by atoms with Crippen LogP contribution < -0.4 is 9.64 Å². The van der Waals surface area contributed by atoms with E-state index in [9.17, 15) is 5.11 Å². The summed E-state index contributed by atoms with van der Waals surface area (Å²) in [6.07, 6.45) is 8.24. The van der Waals surface area contributed by atoms with Gasteiger partial charge in [0.05, 0.1) is 10.9 Å². The maximum atomic E-state index is 16.6. The number of hydrogen-bond donors (Lipinski definition) is 1. The van der Waals surface area contributed by atoms with Gasteiger partial charge in [0.15, 0.2) is 5.82 Å². The molecule has 1 aliphatic carbocycles. The van der Waals surface area contributed by atoms with Crippen molar-refractivity contribution in [2.75, 3.05) is 44.3 Å². The van der Waals surface area contributed by atoms with E-state index in [1.807, 2.05) is 12.1 Å². The van der Waals surface area contributed by atoms with Crippen LogP contribution in [0, 0.1) is 29.4 Å². The van der Waals surface area contributed by atoms with Crippen molar-refractivity contribution in [3.05, 3.63) is 54.2 Å². The Morgan fingerprint density at radius 3 is 2.45 bits per heavy atom. The van der Waals surface area contributed by atoms with E-state index in [1.54, 1.807) is 24.4 Å². The molecular weight excluding hydrogens is 536 g/mol. The number of nitrogens with zero attached hydrogens (tertiary/aromatic N) is 5. The molecule has 2 aromatic heterocycles. The molecule has 1 unspecified atom stereocenters. The topological polar surface area (TPSA) is 74.6 Å². The quantitative estimate of drug-likeness (QED) is 0.324. The zero-order valence-electron chi connectivity index (χ0n) is 23.6. The molecule has 5 heterocycles. The van der Waals surface area contributed by atoms with E-state index in [2.05, 4.69) is 19.8 Å². The van der Waals surface area contributed by atoms with Crippen LogP contribution in [0.1, 0.15) is 38.5 Å². The maximum Gasteiger partial charge on any atom is 0.319 e. The molecule has 0 amide bonds. The van der Waals surface area contributed by atoms with Crippen molar-refractivity contribution in [1.29, 1.82) is 0 Å². The van der Waals surface area contributed by atoms with E-state index in [1.165, 1.54) is 6.07 Å². The van der Waals surface area contributed by atoms with Gasteiger partial charge in [0.25, 0.3) is 0 Å². The minimum Gasteiger partial charge on any atom is -0.461 e. The lowest BCUT2D eigenvalue weighted by atomic mass is 9.86. The molecule has 0 radical (unpaired) electrons. The molecule has 4 aliphatic rings. The monoisotopic (exact) mass is 571 g/mol. The predicted octanol–water partition coefficient (Wildman–Crippen LogP) is 5.59. The van der Waals surface area contributed by atoms with Gasteiger partial charge in [-0.05, 0) is 80.8 Å². The summed E-state index contributed by atoms with van der Waals surface area (Å²) in [5, 5.41) is 11.5. The molecule has 2 aromatic carbocycles. The molecule has 9 heteroatoms. The van der Waals surface area contributed by atoms with E-state index in [0.29, 0.717) is 51.9 Å². The molecule has 8 rings (SSSR count). The van der Waals surface area contributed by atoms with Crippen LogP contribution >= 0.6 is 0 Å². The molecule has 1 N–H and O–H groups in total. The number of rotatable bonds is 6. The fourth-order valence-electron chi connectivity index (χ4n) is 8.47. The number of piperidine rings is 1. The van der Waals surface area contributed by atoms with Gasteiger partial charge in [-0.15, -0.1) is 0 Å². The van der Waals surface area contributed by atoms with Crippen LogP contribution in [-0.4, -0.2) is 69.9 Å². The number of fused-ring (bicyclic) bond motifs is 5. The molecule has 3 atom stereocenters. The Kier molecular flexibility index (Phi) is 6.30.